The zero-order chi connectivity index (χ0) is 12.7. The lowest BCUT2D eigenvalue weighted by Crippen LogP contribution is -2.43. The third kappa shape index (κ3) is 4.42. The van der Waals surface area contributed by atoms with Gasteiger partial charge in [-0.15, -0.1) is 0 Å². The Morgan fingerprint density at radius 1 is 1.41 bits per heavy atom. The fourth-order valence-electron chi connectivity index (χ4n) is 2.11. The van der Waals surface area contributed by atoms with Gasteiger partial charge in [0.25, 0.3) is 0 Å². The highest BCUT2D eigenvalue weighted by atomic mass is 16.5. The molecule has 1 heterocycles. The molecule has 0 aromatic carbocycles. The van der Waals surface area contributed by atoms with Gasteiger partial charge in [-0.1, -0.05) is 6.92 Å². The van der Waals surface area contributed by atoms with Gasteiger partial charge >= 0.3 is 0 Å². The van der Waals surface area contributed by atoms with Crippen LogP contribution in [0, 0.1) is 5.92 Å². The van der Waals surface area contributed by atoms with Gasteiger partial charge in [0.15, 0.2) is 0 Å². The summed E-state index contributed by atoms with van der Waals surface area (Å²) in [6.07, 6.45) is 3.64. The van der Waals surface area contributed by atoms with Crippen LogP contribution in [0.5, 0.6) is 0 Å². The number of aromatic nitrogens is 1. The van der Waals surface area contributed by atoms with Crippen molar-refractivity contribution in [1.82, 2.24) is 9.88 Å². The molecule has 1 aromatic rings. The second kappa shape index (κ2) is 7.37. The topological polar surface area (TPSA) is 51.4 Å². The van der Waals surface area contributed by atoms with E-state index in [1.807, 2.05) is 24.5 Å². The molecule has 0 bridgehead atoms. The maximum atomic E-state index is 5.85. The van der Waals surface area contributed by atoms with Crippen molar-refractivity contribution in [1.29, 1.82) is 0 Å². The molecule has 2 N–H and O–H groups in total. The summed E-state index contributed by atoms with van der Waals surface area (Å²) in [5.41, 5.74) is 7.10. The van der Waals surface area contributed by atoms with Crippen LogP contribution in [-0.2, 0) is 11.3 Å². The van der Waals surface area contributed by atoms with Crippen LogP contribution in [0.4, 0.5) is 0 Å². The summed E-state index contributed by atoms with van der Waals surface area (Å²) < 4.78 is 5.19. The third-order valence-electron chi connectivity index (χ3n) is 3.08. The third-order valence-corrected chi connectivity index (χ3v) is 3.08. The van der Waals surface area contributed by atoms with E-state index in [0.29, 0.717) is 18.5 Å². The Kier molecular flexibility index (Phi) is 6.11. The number of hydrogen-bond acceptors (Lipinski definition) is 4. The SMILES string of the molecule is COCC(C)C(CN)N(C)Cc1ccncc1. The average Bonchev–Trinajstić information content (AvgIpc) is 2.31. The van der Waals surface area contributed by atoms with Crippen LogP contribution in [0.1, 0.15) is 12.5 Å². The number of nitrogens with two attached hydrogens (primary N) is 1. The molecular weight excluding hydrogens is 214 g/mol. The molecule has 0 aliphatic carbocycles. The number of methoxy groups -OCH3 is 1. The molecule has 0 saturated heterocycles. The Balaban J connectivity index is 2.57. The van der Waals surface area contributed by atoms with Crippen LogP contribution in [0.3, 0.4) is 0 Å². The van der Waals surface area contributed by atoms with E-state index >= 15 is 0 Å². The molecule has 2 atom stereocenters. The summed E-state index contributed by atoms with van der Waals surface area (Å²) >= 11 is 0. The first-order valence-electron chi connectivity index (χ1n) is 5.97. The van der Waals surface area contributed by atoms with Crippen molar-refractivity contribution in [2.24, 2.45) is 11.7 Å². The minimum absolute atomic E-state index is 0.336. The summed E-state index contributed by atoms with van der Waals surface area (Å²) in [6.45, 7) is 4.44. The number of nitrogens with zero attached hydrogens (tertiary/aromatic N) is 2. The molecule has 2 unspecified atom stereocenters. The lowest BCUT2D eigenvalue weighted by Gasteiger charge is -2.31. The predicted octanol–water partition coefficient (Wildman–Crippen LogP) is 1.12. The Morgan fingerprint density at radius 3 is 2.59 bits per heavy atom. The standard InChI is InChI=1S/C13H23N3O/c1-11(10-17-3)13(8-14)16(2)9-12-4-6-15-7-5-12/h4-7,11,13H,8-10,14H2,1-3H3. The molecule has 4 nitrogen and oxygen atoms in total. The molecule has 4 heteroatoms. The van der Waals surface area contributed by atoms with Gasteiger partial charge in [0.2, 0.25) is 0 Å². The second-order valence-electron chi connectivity index (χ2n) is 4.51. The first kappa shape index (κ1) is 14.1. The van der Waals surface area contributed by atoms with E-state index in [-0.39, 0.29) is 0 Å². The number of hydrogen-bond donors (Lipinski definition) is 1. The zero-order valence-electron chi connectivity index (χ0n) is 11.0. The highest BCUT2D eigenvalue weighted by Gasteiger charge is 2.20. The highest BCUT2D eigenvalue weighted by Crippen LogP contribution is 2.12. The summed E-state index contributed by atoms with van der Waals surface area (Å²) in [5.74, 6) is 0.428. The second-order valence-corrected chi connectivity index (χ2v) is 4.51. The summed E-state index contributed by atoms with van der Waals surface area (Å²) in [4.78, 5) is 6.30. The van der Waals surface area contributed by atoms with Gasteiger partial charge < -0.3 is 10.5 Å². The molecule has 17 heavy (non-hydrogen) atoms. The molecular formula is C13H23N3O. The van der Waals surface area contributed by atoms with Gasteiger partial charge in [0.05, 0.1) is 6.61 Å². The lowest BCUT2D eigenvalue weighted by atomic mass is 10.0. The van der Waals surface area contributed by atoms with E-state index in [9.17, 15) is 0 Å². The van der Waals surface area contributed by atoms with Gasteiger partial charge in [-0.2, -0.15) is 0 Å². The van der Waals surface area contributed by atoms with Crippen LogP contribution in [0.15, 0.2) is 24.5 Å². The first-order chi connectivity index (χ1) is 8.19. The van der Waals surface area contributed by atoms with Gasteiger partial charge in [0.1, 0.15) is 0 Å². The number of ether oxygens (including phenoxy) is 1. The van der Waals surface area contributed by atoms with E-state index in [0.717, 1.165) is 13.2 Å². The van der Waals surface area contributed by atoms with Crippen LogP contribution >= 0.6 is 0 Å². The molecule has 0 radical (unpaired) electrons. The van der Waals surface area contributed by atoms with Crippen LogP contribution in [0.25, 0.3) is 0 Å². The Bertz CT molecular complexity index is 305. The van der Waals surface area contributed by atoms with Crippen molar-refractivity contribution in [2.75, 3.05) is 27.3 Å². The normalized spacial score (nSPS) is 14.9. The fraction of sp³-hybridized carbons (Fsp3) is 0.615. The monoisotopic (exact) mass is 237 g/mol. The minimum Gasteiger partial charge on any atom is -0.384 e. The van der Waals surface area contributed by atoms with Crippen molar-refractivity contribution >= 4 is 0 Å². The maximum absolute atomic E-state index is 5.85. The van der Waals surface area contributed by atoms with E-state index in [1.165, 1.54) is 5.56 Å². The molecule has 0 aliphatic heterocycles. The molecule has 1 rings (SSSR count). The highest BCUT2D eigenvalue weighted by molar-refractivity contribution is 5.09. The average molecular weight is 237 g/mol. The smallest absolute Gasteiger partial charge is 0.0503 e. The number of likely N-dealkylation sites (N-methyl/N-ethyl adjacent to an activating group) is 1. The molecule has 0 fully saturated rings. The number of pyridine rings is 1. The fourth-order valence-corrected chi connectivity index (χ4v) is 2.11. The quantitative estimate of drug-likeness (QED) is 0.772. The van der Waals surface area contributed by atoms with Crippen molar-refractivity contribution in [3.05, 3.63) is 30.1 Å². The van der Waals surface area contributed by atoms with Crippen molar-refractivity contribution < 1.29 is 4.74 Å². The number of rotatable bonds is 7. The van der Waals surface area contributed by atoms with E-state index in [1.54, 1.807) is 7.11 Å². The molecule has 0 spiro atoms. The molecule has 96 valence electrons. The van der Waals surface area contributed by atoms with Gasteiger partial charge in [-0.25, -0.2) is 0 Å². The lowest BCUT2D eigenvalue weighted by molar-refractivity contribution is 0.0953. The Labute approximate surface area is 104 Å². The van der Waals surface area contributed by atoms with E-state index in [2.05, 4.69) is 23.9 Å². The maximum Gasteiger partial charge on any atom is 0.0503 e. The van der Waals surface area contributed by atoms with Gasteiger partial charge in [-0.3, -0.25) is 9.88 Å². The summed E-state index contributed by atoms with van der Waals surface area (Å²) in [5, 5.41) is 0. The molecule has 0 saturated carbocycles. The Hall–Kier alpha value is -0.970. The van der Waals surface area contributed by atoms with E-state index in [4.69, 9.17) is 10.5 Å². The van der Waals surface area contributed by atoms with Crippen molar-refractivity contribution in [3.63, 3.8) is 0 Å². The molecule has 1 aromatic heterocycles. The summed E-state index contributed by atoms with van der Waals surface area (Å²) in [6, 6.07) is 4.40. The van der Waals surface area contributed by atoms with Crippen LogP contribution in [0.2, 0.25) is 0 Å². The molecule has 0 aliphatic rings. The van der Waals surface area contributed by atoms with Crippen molar-refractivity contribution in [3.8, 4) is 0 Å². The predicted molar refractivity (Wildman–Crippen MR) is 69.6 cm³/mol. The minimum atomic E-state index is 0.336. The summed E-state index contributed by atoms with van der Waals surface area (Å²) in [7, 11) is 3.83. The molecule has 0 amide bonds. The largest absolute Gasteiger partial charge is 0.384 e. The van der Waals surface area contributed by atoms with E-state index < -0.39 is 0 Å². The first-order valence-corrected chi connectivity index (χ1v) is 5.97. The Morgan fingerprint density at radius 2 is 2.06 bits per heavy atom. The van der Waals surface area contributed by atoms with Crippen molar-refractivity contribution in [2.45, 2.75) is 19.5 Å². The van der Waals surface area contributed by atoms with Crippen LogP contribution in [-0.4, -0.2) is 43.2 Å². The van der Waals surface area contributed by atoms with Gasteiger partial charge in [-0.05, 0) is 30.7 Å². The van der Waals surface area contributed by atoms with Gasteiger partial charge in [0, 0.05) is 38.6 Å². The van der Waals surface area contributed by atoms with Crippen LogP contribution < -0.4 is 5.73 Å². The zero-order valence-corrected chi connectivity index (χ0v) is 11.0.